The first-order valence-electron chi connectivity index (χ1n) is 17.8. The first-order chi connectivity index (χ1) is 25.3. The predicted octanol–water partition coefficient (Wildman–Crippen LogP) is 5.32. The van der Waals surface area contributed by atoms with Gasteiger partial charge in [0.1, 0.15) is 17.1 Å². The molecule has 2 fully saturated rings. The number of aromatic nitrogens is 5. The van der Waals surface area contributed by atoms with Crippen LogP contribution in [0.5, 0.6) is 5.75 Å². The smallest absolute Gasteiger partial charge is 0.262 e. The molecule has 11 nitrogen and oxygen atoms in total. The van der Waals surface area contributed by atoms with E-state index in [1.54, 1.807) is 24.5 Å². The monoisotopic (exact) mass is 717 g/mol. The van der Waals surface area contributed by atoms with Gasteiger partial charge in [-0.05, 0) is 55.6 Å². The highest BCUT2D eigenvalue weighted by Crippen LogP contribution is 2.37. The Balaban J connectivity index is 0.930. The molecule has 2 aliphatic heterocycles. The number of ether oxygens (including phenoxy) is 1. The number of carbonyl (C=O) groups excluding carboxylic acids is 1. The van der Waals surface area contributed by atoms with Crippen LogP contribution in [0.1, 0.15) is 35.6 Å². The minimum atomic E-state index is -1.12. The summed E-state index contributed by atoms with van der Waals surface area (Å²) in [6, 6.07) is 21.8. The van der Waals surface area contributed by atoms with Gasteiger partial charge in [-0.15, -0.1) is 11.3 Å². The summed E-state index contributed by atoms with van der Waals surface area (Å²) in [6.07, 6.45) is 11.0. The third kappa shape index (κ3) is 6.81. The molecule has 8 rings (SSSR count). The summed E-state index contributed by atoms with van der Waals surface area (Å²) < 4.78 is 10.8. The van der Waals surface area contributed by atoms with Gasteiger partial charge in [0.15, 0.2) is 5.65 Å². The van der Waals surface area contributed by atoms with Gasteiger partial charge < -0.3 is 23.9 Å². The third-order valence-electron chi connectivity index (χ3n) is 10.7. The lowest BCUT2D eigenvalue weighted by Gasteiger charge is -2.43. The lowest BCUT2D eigenvalue weighted by Crippen LogP contribution is -2.53. The minimum Gasteiger partial charge on any atom is -0.497 e. The third-order valence-corrected chi connectivity index (χ3v) is 11.8. The van der Waals surface area contributed by atoms with E-state index < -0.39 is 5.60 Å². The van der Waals surface area contributed by atoms with Gasteiger partial charge >= 0.3 is 0 Å². The fraction of sp³-hybridized carbons (Fsp3) is 0.350. The van der Waals surface area contributed by atoms with E-state index in [1.807, 2.05) is 82.1 Å². The molecule has 12 heteroatoms. The van der Waals surface area contributed by atoms with Crippen molar-refractivity contribution in [2.24, 2.45) is 13.0 Å². The second kappa shape index (κ2) is 14.2. The highest BCUT2D eigenvalue weighted by atomic mass is 32.1. The molecule has 0 aliphatic carbocycles. The van der Waals surface area contributed by atoms with Gasteiger partial charge in [0.05, 0.1) is 30.3 Å². The number of benzene rings is 2. The summed E-state index contributed by atoms with van der Waals surface area (Å²) in [5.74, 6) is 0.781. The molecule has 1 N–H and O–H groups in total. The van der Waals surface area contributed by atoms with Gasteiger partial charge in [-0.2, -0.15) is 0 Å². The van der Waals surface area contributed by atoms with Crippen LogP contribution >= 0.6 is 11.3 Å². The molecule has 0 radical (unpaired) electrons. The minimum absolute atomic E-state index is 0.0606. The quantitative estimate of drug-likeness (QED) is 0.216. The van der Waals surface area contributed by atoms with E-state index in [-0.39, 0.29) is 29.8 Å². The summed E-state index contributed by atoms with van der Waals surface area (Å²) in [4.78, 5) is 42.7. The van der Waals surface area contributed by atoms with Crippen molar-refractivity contribution in [2.75, 3.05) is 33.3 Å². The Morgan fingerprint density at radius 2 is 1.85 bits per heavy atom. The van der Waals surface area contributed by atoms with E-state index in [9.17, 15) is 14.7 Å². The number of nitrogens with zero attached hydrogens (tertiary/aromatic N) is 7. The topological polar surface area (TPSA) is 111 Å². The summed E-state index contributed by atoms with van der Waals surface area (Å²) in [6.45, 7) is 3.42. The van der Waals surface area contributed by atoms with Crippen LogP contribution in [0.25, 0.3) is 27.3 Å². The van der Waals surface area contributed by atoms with Gasteiger partial charge in [0.2, 0.25) is 5.91 Å². The van der Waals surface area contributed by atoms with Crippen LogP contribution in [0.2, 0.25) is 0 Å². The van der Waals surface area contributed by atoms with Crippen molar-refractivity contribution in [1.82, 2.24) is 33.5 Å². The number of methoxy groups -OCH3 is 1. The zero-order chi connectivity index (χ0) is 35.8. The van der Waals surface area contributed by atoms with Crippen molar-refractivity contribution >= 4 is 28.3 Å². The van der Waals surface area contributed by atoms with Crippen LogP contribution in [-0.2, 0) is 24.9 Å². The number of fused-ring (bicyclic) bond motifs is 1. The van der Waals surface area contributed by atoms with E-state index in [1.165, 1.54) is 21.3 Å². The van der Waals surface area contributed by atoms with Gasteiger partial charge in [0.25, 0.3) is 5.56 Å². The van der Waals surface area contributed by atoms with Crippen LogP contribution in [0.15, 0.2) is 103 Å². The molecule has 2 atom stereocenters. The van der Waals surface area contributed by atoms with Crippen molar-refractivity contribution in [3.05, 3.63) is 119 Å². The number of rotatable bonds is 9. The molecule has 0 unspecified atom stereocenters. The summed E-state index contributed by atoms with van der Waals surface area (Å²) in [7, 11) is 3.63. The van der Waals surface area contributed by atoms with Crippen molar-refractivity contribution in [1.29, 1.82) is 0 Å². The van der Waals surface area contributed by atoms with Gasteiger partial charge in [-0.1, -0.05) is 36.4 Å². The van der Waals surface area contributed by atoms with Crippen molar-refractivity contribution in [3.8, 4) is 22.0 Å². The van der Waals surface area contributed by atoms with Gasteiger partial charge in [-0.25, -0.2) is 9.97 Å². The zero-order valence-corrected chi connectivity index (χ0v) is 30.3. The molecule has 268 valence electrons. The molecular weight excluding hydrogens is 675 g/mol. The predicted molar refractivity (Wildman–Crippen MR) is 202 cm³/mol. The lowest BCUT2D eigenvalue weighted by atomic mass is 9.79. The molecule has 0 bridgehead atoms. The van der Waals surface area contributed by atoms with Crippen molar-refractivity contribution in [3.63, 3.8) is 0 Å². The fourth-order valence-corrected chi connectivity index (χ4v) is 8.79. The van der Waals surface area contributed by atoms with Crippen LogP contribution in [-0.4, -0.2) is 83.4 Å². The summed E-state index contributed by atoms with van der Waals surface area (Å²) >= 11 is 1.73. The normalized spacial score (nSPS) is 19.2. The maximum atomic E-state index is 14.2. The van der Waals surface area contributed by atoms with Crippen LogP contribution in [0.4, 0.5) is 0 Å². The number of aryl methyl sites for hydroxylation is 1. The Labute approximate surface area is 306 Å². The number of thiazole rings is 1. The average Bonchev–Trinajstić information content (AvgIpc) is 3.94. The SMILES string of the molecule is COc1cccc(-n2ccc3c(=O)n(CC4(O)CCN(C(=O)[C@@H]5CCN(Cc6cnc(-c7ccn(C)c7)s6)C[C@H]5c5ccccc5)CC4)cnc32)c1. The van der Waals surface area contributed by atoms with E-state index >= 15 is 0 Å². The van der Waals surface area contributed by atoms with Crippen molar-refractivity contribution in [2.45, 2.75) is 43.9 Å². The molecule has 52 heavy (non-hydrogen) atoms. The van der Waals surface area contributed by atoms with E-state index in [0.29, 0.717) is 42.7 Å². The molecule has 2 aromatic carbocycles. The number of likely N-dealkylation sites (tertiary alicyclic amines) is 2. The van der Waals surface area contributed by atoms with Gasteiger partial charge in [0, 0.05) is 86.4 Å². The molecule has 1 amide bonds. The Morgan fingerprint density at radius 3 is 2.62 bits per heavy atom. The molecule has 0 saturated carbocycles. The van der Waals surface area contributed by atoms with E-state index in [2.05, 4.69) is 34.3 Å². The Bertz CT molecular complexity index is 2250. The molecule has 6 aromatic rings. The number of carbonyl (C=O) groups is 1. The van der Waals surface area contributed by atoms with Crippen molar-refractivity contribution < 1.29 is 14.6 Å². The number of aliphatic hydroxyl groups is 1. The highest BCUT2D eigenvalue weighted by molar-refractivity contribution is 7.15. The first-order valence-corrected chi connectivity index (χ1v) is 18.6. The van der Waals surface area contributed by atoms with Crippen LogP contribution < -0.4 is 10.3 Å². The molecular formula is C40H43N7O4S. The summed E-state index contributed by atoms with van der Waals surface area (Å²) in [5.41, 5.74) is 2.36. The first kappa shape index (κ1) is 34.1. The number of piperidine rings is 2. The second-order valence-corrected chi connectivity index (χ2v) is 15.3. The number of hydrogen-bond donors (Lipinski definition) is 1. The van der Waals surface area contributed by atoms with Gasteiger partial charge in [-0.3, -0.25) is 19.1 Å². The Hall–Kier alpha value is -5.04. The standard InChI is InChI=1S/C40H43N7O4S/c1-43-16-11-29(23-43)37-41-22-32(52-37)24-44-17-12-33(35(25-44)28-7-4-3-5-8-28)38(48)45-19-14-40(50,15-20-45)26-46-27-42-36-34(39(46)49)13-18-47(36)30-9-6-10-31(21-30)51-2/h3-11,13,16,18,21-23,27,33,35,50H,12,14-15,17,19-20,24-26H2,1-2H3/t33-,35+/m1/s1. The van der Waals surface area contributed by atoms with Crippen LogP contribution in [0, 0.1) is 5.92 Å². The summed E-state index contributed by atoms with van der Waals surface area (Å²) in [5, 5.41) is 13.2. The maximum Gasteiger partial charge on any atom is 0.262 e. The molecule has 2 aliphatic rings. The second-order valence-electron chi connectivity index (χ2n) is 14.2. The largest absolute Gasteiger partial charge is 0.497 e. The zero-order valence-electron chi connectivity index (χ0n) is 29.5. The average molecular weight is 718 g/mol. The highest BCUT2D eigenvalue weighted by Gasteiger charge is 2.41. The maximum absolute atomic E-state index is 14.2. The lowest BCUT2D eigenvalue weighted by molar-refractivity contribution is -0.142. The fourth-order valence-electron chi connectivity index (χ4n) is 7.85. The number of amides is 1. The van der Waals surface area contributed by atoms with E-state index in [4.69, 9.17) is 9.72 Å². The van der Waals surface area contributed by atoms with E-state index in [0.717, 1.165) is 42.3 Å². The Kier molecular flexibility index (Phi) is 9.29. The molecule has 2 saturated heterocycles. The van der Waals surface area contributed by atoms with Crippen LogP contribution in [0.3, 0.4) is 0 Å². The number of hydrogen-bond acceptors (Lipinski definition) is 8. The molecule has 0 spiro atoms. The molecule has 6 heterocycles. The Morgan fingerprint density at radius 1 is 1.02 bits per heavy atom. The molecule has 4 aromatic heterocycles.